The first-order valence-corrected chi connectivity index (χ1v) is 10.8. The van der Waals surface area contributed by atoms with E-state index >= 15 is 0 Å². The Balaban J connectivity index is 1.25. The fraction of sp³-hybridized carbons (Fsp3) is 0.526. The Kier molecular flexibility index (Phi) is 4.65. The van der Waals surface area contributed by atoms with Gasteiger partial charge in [0, 0.05) is 37.1 Å². The first-order chi connectivity index (χ1) is 13.3. The van der Waals surface area contributed by atoms with Crippen molar-refractivity contribution in [2.24, 2.45) is 0 Å². The van der Waals surface area contributed by atoms with E-state index in [4.69, 9.17) is 16.0 Å². The van der Waals surface area contributed by atoms with Crippen molar-refractivity contribution in [2.75, 3.05) is 36.0 Å². The molecule has 0 radical (unpaired) electrons. The van der Waals surface area contributed by atoms with Crippen LogP contribution in [-0.2, 0) is 0 Å². The van der Waals surface area contributed by atoms with E-state index in [1.54, 1.807) is 11.3 Å². The van der Waals surface area contributed by atoms with Gasteiger partial charge in [0.05, 0.1) is 0 Å². The second-order valence-corrected chi connectivity index (χ2v) is 8.76. The van der Waals surface area contributed by atoms with E-state index in [9.17, 15) is 0 Å². The van der Waals surface area contributed by atoms with Crippen LogP contribution in [-0.4, -0.2) is 41.4 Å². The molecular formula is C19H22ClN5OS. The molecule has 2 aromatic heterocycles. The number of anilines is 2. The molecule has 0 atom stereocenters. The van der Waals surface area contributed by atoms with E-state index in [0.29, 0.717) is 17.0 Å². The van der Waals surface area contributed by atoms with Crippen LogP contribution in [0.25, 0.3) is 11.1 Å². The molecule has 8 heteroatoms. The summed E-state index contributed by atoms with van der Waals surface area (Å²) in [5.74, 6) is 0.623. The maximum Gasteiger partial charge on any atom is 0.298 e. The van der Waals surface area contributed by atoms with Gasteiger partial charge in [-0.15, -0.1) is 10.2 Å². The average molecular weight is 404 g/mol. The highest BCUT2D eigenvalue weighted by molar-refractivity contribution is 7.15. The number of hydrogen-bond donors (Lipinski definition) is 0. The summed E-state index contributed by atoms with van der Waals surface area (Å²) in [4.78, 5) is 9.11. The fourth-order valence-electron chi connectivity index (χ4n) is 3.98. The van der Waals surface area contributed by atoms with E-state index in [2.05, 4.69) is 25.0 Å². The fourth-order valence-corrected chi connectivity index (χ4v) is 5.21. The quantitative estimate of drug-likeness (QED) is 0.631. The van der Waals surface area contributed by atoms with Gasteiger partial charge in [-0.05, 0) is 31.0 Å². The Morgan fingerprint density at radius 1 is 1.00 bits per heavy atom. The number of benzene rings is 1. The zero-order valence-corrected chi connectivity index (χ0v) is 16.7. The second kappa shape index (κ2) is 7.28. The number of fused-ring (bicyclic) bond motifs is 1. The van der Waals surface area contributed by atoms with Gasteiger partial charge in [-0.1, -0.05) is 42.2 Å². The molecule has 3 aromatic rings. The third-order valence-electron chi connectivity index (χ3n) is 5.54. The molecule has 0 bridgehead atoms. The number of halogens is 1. The van der Waals surface area contributed by atoms with E-state index < -0.39 is 0 Å². The van der Waals surface area contributed by atoms with Gasteiger partial charge in [0.25, 0.3) is 6.01 Å². The average Bonchev–Trinajstić information content (AvgIpc) is 3.36. The number of nitrogens with zero attached hydrogens (tertiary/aromatic N) is 5. The molecule has 0 unspecified atom stereocenters. The highest BCUT2D eigenvalue weighted by Gasteiger charge is 2.25. The Hall–Kier alpha value is -1.86. The summed E-state index contributed by atoms with van der Waals surface area (Å²) in [5.41, 5.74) is 1.58. The molecule has 27 heavy (non-hydrogen) atoms. The summed E-state index contributed by atoms with van der Waals surface area (Å²) >= 11 is 7.82. The van der Waals surface area contributed by atoms with Crippen molar-refractivity contribution in [3.05, 3.63) is 28.2 Å². The molecule has 0 amide bonds. The summed E-state index contributed by atoms with van der Waals surface area (Å²) in [6, 6.07) is 6.22. The lowest BCUT2D eigenvalue weighted by Crippen LogP contribution is -2.46. The third-order valence-corrected chi connectivity index (χ3v) is 6.93. The minimum Gasteiger partial charge on any atom is -0.423 e. The summed E-state index contributed by atoms with van der Waals surface area (Å²) < 4.78 is 5.90. The topological polar surface area (TPSA) is 58.3 Å². The minimum absolute atomic E-state index is 0.623. The largest absolute Gasteiger partial charge is 0.423 e. The molecule has 1 aliphatic heterocycles. The third kappa shape index (κ3) is 3.50. The molecule has 1 aliphatic carbocycles. The monoisotopic (exact) mass is 403 g/mol. The summed E-state index contributed by atoms with van der Waals surface area (Å²) in [6.45, 7) is 3.52. The van der Waals surface area contributed by atoms with Crippen LogP contribution in [0.5, 0.6) is 0 Å². The van der Waals surface area contributed by atoms with Gasteiger partial charge in [0.15, 0.2) is 5.58 Å². The molecule has 1 saturated heterocycles. The summed E-state index contributed by atoms with van der Waals surface area (Å²) in [6.07, 6.45) is 6.56. The van der Waals surface area contributed by atoms with Crippen molar-refractivity contribution in [3.63, 3.8) is 0 Å². The van der Waals surface area contributed by atoms with Gasteiger partial charge >= 0.3 is 0 Å². The van der Waals surface area contributed by atoms with Gasteiger partial charge in [-0.2, -0.15) is 4.98 Å². The van der Waals surface area contributed by atoms with Crippen LogP contribution in [0.4, 0.5) is 11.1 Å². The molecule has 0 spiro atoms. The number of oxazole rings is 1. The van der Waals surface area contributed by atoms with E-state index in [1.165, 1.54) is 37.1 Å². The van der Waals surface area contributed by atoms with Crippen LogP contribution < -0.4 is 9.80 Å². The van der Waals surface area contributed by atoms with Crippen LogP contribution in [0.1, 0.15) is 43.0 Å². The van der Waals surface area contributed by atoms with Crippen molar-refractivity contribution >= 4 is 45.2 Å². The molecule has 142 valence electrons. The number of piperazine rings is 1. The van der Waals surface area contributed by atoms with E-state index in [1.807, 2.05) is 18.2 Å². The van der Waals surface area contributed by atoms with Crippen LogP contribution in [0.15, 0.2) is 22.6 Å². The molecule has 6 nitrogen and oxygen atoms in total. The van der Waals surface area contributed by atoms with Gasteiger partial charge in [0.1, 0.15) is 10.5 Å². The highest BCUT2D eigenvalue weighted by atomic mass is 35.5. The number of hydrogen-bond acceptors (Lipinski definition) is 7. The normalized spacial score (nSPS) is 19.1. The van der Waals surface area contributed by atoms with Crippen molar-refractivity contribution < 1.29 is 4.42 Å². The number of rotatable bonds is 3. The summed E-state index contributed by atoms with van der Waals surface area (Å²) in [5, 5.41) is 11.9. The lowest BCUT2D eigenvalue weighted by atomic mass is 9.90. The maximum atomic E-state index is 6.05. The van der Waals surface area contributed by atoms with Gasteiger partial charge < -0.3 is 14.2 Å². The second-order valence-electron chi connectivity index (χ2n) is 7.34. The maximum absolute atomic E-state index is 6.05. The smallest absolute Gasteiger partial charge is 0.298 e. The Morgan fingerprint density at radius 3 is 2.59 bits per heavy atom. The molecule has 2 fully saturated rings. The molecule has 2 aliphatic rings. The molecule has 3 heterocycles. The van der Waals surface area contributed by atoms with E-state index in [0.717, 1.165) is 42.4 Å². The molecule has 1 aromatic carbocycles. The van der Waals surface area contributed by atoms with Gasteiger partial charge in [-0.3, -0.25) is 0 Å². The van der Waals surface area contributed by atoms with Gasteiger partial charge in [0.2, 0.25) is 5.13 Å². The SMILES string of the molecule is Clc1ccc2oc(N3CCN(c4nnc(C5CCCCC5)s4)CC3)nc2c1. The summed E-state index contributed by atoms with van der Waals surface area (Å²) in [7, 11) is 0. The predicted octanol–water partition coefficient (Wildman–Crippen LogP) is 4.71. The van der Waals surface area contributed by atoms with Crippen molar-refractivity contribution in [1.29, 1.82) is 0 Å². The zero-order chi connectivity index (χ0) is 18.2. The van der Waals surface area contributed by atoms with Crippen LogP contribution in [0.2, 0.25) is 5.02 Å². The van der Waals surface area contributed by atoms with Crippen molar-refractivity contribution in [2.45, 2.75) is 38.0 Å². The molecular weight excluding hydrogens is 382 g/mol. The van der Waals surface area contributed by atoms with Crippen molar-refractivity contribution in [1.82, 2.24) is 15.2 Å². The molecule has 1 saturated carbocycles. The number of aromatic nitrogens is 3. The standard InChI is InChI=1S/C19H22ClN5OS/c20-14-6-7-16-15(12-14)21-18(26-16)24-8-10-25(11-9-24)19-23-22-17(27-19)13-4-2-1-3-5-13/h6-7,12-13H,1-5,8-11H2. The minimum atomic E-state index is 0.623. The first-order valence-electron chi connectivity index (χ1n) is 9.66. The Morgan fingerprint density at radius 2 is 1.78 bits per heavy atom. The lowest BCUT2D eigenvalue weighted by molar-refractivity contribution is 0.440. The Bertz CT molecular complexity index is 927. The van der Waals surface area contributed by atoms with Gasteiger partial charge in [-0.25, -0.2) is 0 Å². The first kappa shape index (κ1) is 17.3. The Labute approximate surface area is 167 Å². The van der Waals surface area contributed by atoms with Crippen LogP contribution >= 0.6 is 22.9 Å². The van der Waals surface area contributed by atoms with Crippen LogP contribution in [0, 0.1) is 0 Å². The zero-order valence-electron chi connectivity index (χ0n) is 15.1. The molecule has 5 rings (SSSR count). The molecule has 0 N–H and O–H groups in total. The lowest BCUT2D eigenvalue weighted by Gasteiger charge is -2.33. The predicted molar refractivity (Wildman–Crippen MR) is 109 cm³/mol. The van der Waals surface area contributed by atoms with E-state index in [-0.39, 0.29) is 0 Å². The van der Waals surface area contributed by atoms with Crippen molar-refractivity contribution in [3.8, 4) is 0 Å². The highest BCUT2D eigenvalue weighted by Crippen LogP contribution is 2.36. The van der Waals surface area contributed by atoms with Crippen LogP contribution in [0.3, 0.4) is 0 Å².